The molecular weight excluding hydrogens is 454 g/mol. The van der Waals surface area contributed by atoms with Crippen LogP contribution in [0.15, 0.2) is 23.1 Å². The molecule has 0 spiro atoms. The molecule has 0 radical (unpaired) electrons. The minimum absolute atomic E-state index is 0.106. The van der Waals surface area contributed by atoms with Crippen molar-refractivity contribution in [1.29, 1.82) is 0 Å². The largest absolute Gasteiger partial charge is 0.358 e. The number of hydrogen-bond donors (Lipinski definition) is 1. The summed E-state index contributed by atoms with van der Waals surface area (Å²) in [5, 5.41) is 2.96. The van der Waals surface area contributed by atoms with E-state index >= 15 is 0 Å². The smallest absolute Gasteiger partial charge is 0.250 e. The monoisotopic (exact) mass is 491 g/mol. The first-order chi connectivity index (χ1) is 16.3. The first-order valence-electron chi connectivity index (χ1n) is 12.4. The van der Waals surface area contributed by atoms with Gasteiger partial charge < -0.3 is 15.1 Å². The van der Waals surface area contributed by atoms with Gasteiger partial charge in [-0.25, -0.2) is 12.7 Å². The van der Waals surface area contributed by atoms with E-state index in [0.29, 0.717) is 12.2 Å². The third-order valence-corrected chi connectivity index (χ3v) is 8.91. The molecule has 3 aliphatic rings. The number of hydrogen-bond acceptors (Lipinski definition) is 6. The second-order valence-electron chi connectivity index (χ2n) is 9.67. The fraction of sp³-hybridized carbons (Fsp3) is 0.667. The average molecular weight is 492 g/mol. The number of fused-ring (bicyclic) bond motifs is 3. The molecule has 3 aliphatic heterocycles. The van der Waals surface area contributed by atoms with Gasteiger partial charge in [0.15, 0.2) is 0 Å². The van der Waals surface area contributed by atoms with Crippen molar-refractivity contribution in [3.63, 3.8) is 0 Å². The molecule has 1 atom stereocenters. The molecule has 2 amide bonds. The maximum atomic E-state index is 13.4. The number of amides is 2. The highest BCUT2D eigenvalue weighted by Crippen LogP contribution is 2.40. The third-order valence-electron chi connectivity index (χ3n) is 7.10. The average Bonchev–Trinajstić information content (AvgIpc) is 2.84. The zero-order valence-electron chi connectivity index (χ0n) is 20.3. The van der Waals surface area contributed by atoms with Crippen molar-refractivity contribution in [3.05, 3.63) is 18.2 Å². The van der Waals surface area contributed by atoms with Crippen molar-refractivity contribution in [2.45, 2.75) is 55.9 Å². The molecular formula is C24H37N5O4S. The van der Waals surface area contributed by atoms with Gasteiger partial charge in [-0.3, -0.25) is 14.5 Å². The Hall–Kier alpha value is -2.17. The Morgan fingerprint density at radius 1 is 1.06 bits per heavy atom. The summed E-state index contributed by atoms with van der Waals surface area (Å²) in [5.41, 5.74) is 1.31. The first kappa shape index (κ1) is 24.9. The number of nitrogens with one attached hydrogen (secondary N) is 1. The summed E-state index contributed by atoms with van der Waals surface area (Å²) in [5.74, 6) is -0.349. The molecule has 1 aromatic carbocycles. The highest BCUT2D eigenvalue weighted by atomic mass is 32.2. The molecule has 9 nitrogen and oxygen atoms in total. The minimum Gasteiger partial charge on any atom is -0.358 e. The molecule has 0 aliphatic carbocycles. The summed E-state index contributed by atoms with van der Waals surface area (Å²) < 4.78 is 26.6. The van der Waals surface area contributed by atoms with Crippen LogP contribution in [0.25, 0.3) is 0 Å². The molecule has 3 heterocycles. The number of rotatable bonds is 8. The second-order valence-corrected chi connectivity index (χ2v) is 11.8. The Kier molecular flexibility index (Phi) is 7.79. The normalized spacial score (nSPS) is 21.4. The number of carbonyl (C=O) groups is 2. The van der Waals surface area contributed by atoms with Crippen LogP contribution in [0, 0.1) is 0 Å². The van der Waals surface area contributed by atoms with Crippen LogP contribution >= 0.6 is 0 Å². The lowest BCUT2D eigenvalue weighted by molar-refractivity contribution is -0.125. The summed E-state index contributed by atoms with van der Waals surface area (Å²) in [6.07, 6.45) is 7.35. The maximum absolute atomic E-state index is 13.4. The van der Waals surface area contributed by atoms with Crippen LogP contribution in [-0.2, 0) is 19.6 Å². The van der Waals surface area contributed by atoms with E-state index in [-0.39, 0.29) is 29.3 Å². The number of sulfonamides is 1. The van der Waals surface area contributed by atoms with Crippen LogP contribution in [0.3, 0.4) is 0 Å². The standard InChI is InChI=1S/C24H37N5O4S/c1-26(2)34(32,33)19-10-11-20-22(17-19)29(24(31)21-9-4-7-16-28(20)21)18-23(30)25-12-8-15-27-13-5-3-6-14-27/h10-11,17,21H,3-9,12-16,18H2,1-2H3,(H,25,30). The maximum Gasteiger partial charge on any atom is 0.250 e. The van der Waals surface area contributed by atoms with E-state index in [4.69, 9.17) is 0 Å². The van der Waals surface area contributed by atoms with Crippen molar-refractivity contribution in [1.82, 2.24) is 14.5 Å². The Morgan fingerprint density at radius 2 is 1.79 bits per heavy atom. The van der Waals surface area contributed by atoms with Crippen molar-refractivity contribution < 1.29 is 18.0 Å². The van der Waals surface area contributed by atoms with Gasteiger partial charge >= 0.3 is 0 Å². The highest BCUT2D eigenvalue weighted by Gasteiger charge is 2.40. The fourth-order valence-electron chi connectivity index (χ4n) is 5.18. The Morgan fingerprint density at radius 3 is 2.53 bits per heavy atom. The lowest BCUT2D eigenvalue weighted by Crippen LogP contribution is -2.57. The van der Waals surface area contributed by atoms with Crippen LogP contribution in [-0.4, -0.2) is 88.8 Å². The van der Waals surface area contributed by atoms with E-state index in [1.807, 2.05) is 0 Å². The van der Waals surface area contributed by atoms with Crippen molar-refractivity contribution in [2.75, 3.05) is 63.2 Å². The van der Waals surface area contributed by atoms with Crippen LogP contribution in [0.2, 0.25) is 0 Å². The molecule has 1 aromatic rings. The summed E-state index contributed by atoms with van der Waals surface area (Å²) in [6.45, 7) is 4.43. The molecule has 1 unspecified atom stereocenters. The Bertz CT molecular complexity index is 1010. The van der Waals surface area contributed by atoms with Gasteiger partial charge in [0.1, 0.15) is 12.6 Å². The zero-order chi connectivity index (χ0) is 24.3. The zero-order valence-corrected chi connectivity index (χ0v) is 21.1. The van der Waals surface area contributed by atoms with Gasteiger partial charge in [-0.1, -0.05) is 6.42 Å². The summed E-state index contributed by atoms with van der Waals surface area (Å²) >= 11 is 0. The molecule has 0 aromatic heterocycles. The van der Waals surface area contributed by atoms with E-state index in [2.05, 4.69) is 15.1 Å². The predicted molar refractivity (Wildman–Crippen MR) is 133 cm³/mol. The van der Waals surface area contributed by atoms with Gasteiger partial charge in [0.25, 0.3) is 0 Å². The van der Waals surface area contributed by atoms with Gasteiger partial charge in [-0.15, -0.1) is 0 Å². The van der Waals surface area contributed by atoms with Crippen molar-refractivity contribution in [3.8, 4) is 0 Å². The van der Waals surface area contributed by atoms with E-state index < -0.39 is 10.0 Å². The van der Waals surface area contributed by atoms with Crippen molar-refractivity contribution in [2.24, 2.45) is 0 Å². The molecule has 4 rings (SSSR count). The summed E-state index contributed by atoms with van der Waals surface area (Å²) in [7, 11) is -0.702. The predicted octanol–water partition coefficient (Wildman–Crippen LogP) is 1.63. The lowest BCUT2D eigenvalue weighted by atomic mass is 9.96. The van der Waals surface area contributed by atoms with Crippen LogP contribution in [0.5, 0.6) is 0 Å². The number of carbonyl (C=O) groups excluding carboxylic acids is 2. The number of benzene rings is 1. The van der Waals surface area contributed by atoms with Crippen molar-refractivity contribution >= 4 is 33.2 Å². The second kappa shape index (κ2) is 10.6. The van der Waals surface area contributed by atoms with Crippen LogP contribution < -0.4 is 15.1 Å². The molecule has 0 bridgehead atoms. The van der Waals surface area contributed by atoms with Crippen LogP contribution in [0.4, 0.5) is 11.4 Å². The van der Waals surface area contributed by atoms with E-state index in [0.717, 1.165) is 61.9 Å². The highest BCUT2D eigenvalue weighted by molar-refractivity contribution is 7.89. The Balaban J connectivity index is 1.49. The number of likely N-dealkylation sites (tertiary alicyclic amines) is 1. The fourth-order valence-corrected chi connectivity index (χ4v) is 6.11. The molecule has 34 heavy (non-hydrogen) atoms. The van der Waals surface area contributed by atoms with Gasteiger partial charge in [-0.2, -0.15) is 0 Å². The first-order valence-corrected chi connectivity index (χ1v) is 13.9. The third kappa shape index (κ3) is 5.23. The number of anilines is 2. The quantitative estimate of drug-likeness (QED) is 0.556. The van der Waals surface area contributed by atoms with Gasteiger partial charge in [-0.05, 0) is 76.4 Å². The summed E-state index contributed by atoms with van der Waals surface area (Å²) in [6, 6.07) is 4.61. The number of nitrogens with zero attached hydrogens (tertiary/aromatic N) is 4. The van der Waals surface area contributed by atoms with Crippen LogP contribution in [0.1, 0.15) is 44.9 Å². The van der Waals surface area contributed by atoms with Gasteiger partial charge in [0.05, 0.1) is 16.3 Å². The van der Waals surface area contributed by atoms with Gasteiger partial charge in [0.2, 0.25) is 21.8 Å². The summed E-state index contributed by atoms with van der Waals surface area (Å²) in [4.78, 5) is 32.3. The molecule has 2 saturated heterocycles. The molecule has 10 heteroatoms. The SMILES string of the molecule is CN(C)S(=O)(=O)c1ccc2c(c1)N(CC(=O)NCCCN1CCCCC1)C(=O)C1CCCCN21. The molecule has 2 fully saturated rings. The topological polar surface area (TPSA) is 93.3 Å². The minimum atomic E-state index is -3.67. The number of piperidine rings is 2. The molecule has 0 saturated carbocycles. The lowest BCUT2D eigenvalue weighted by Gasteiger charge is -2.45. The van der Waals surface area contributed by atoms with E-state index in [9.17, 15) is 18.0 Å². The molecule has 188 valence electrons. The Labute approximate surface area is 203 Å². The van der Waals surface area contributed by atoms with E-state index in [1.54, 1.807) is 12.1 Å². The molecule has 1 N–H and O–H groups in total. The van der Waals surface area contributed by atoms with Gasteiger partial charge in [0, 0.05) is 27.2 Å². The van der Waals surface area contributed by atoms with E-state index in [1.165, 1.54) is 44.3 Å².